The molecule has 0 aliphatic heterocycles. The largest absolute Gasteiger partial charge is 0.309 e. The zero-order valence-corrected chi connectivity index (χ0v) is 31.9. The second kappa shape index (κ2) is 14.4. The maximum absolute atomic E-state index is 5.21. The first-order valence-corrected chi connectivity index (χ1v) is 19.7. The molecule has 0 radical (unpaired) electrons. The molecule has 0 amide bonds. The molecule has 11 rings (SSSR count). The molecular formula is C54H39N3. The smallest absolute Gasteiger partial charge is 0.160 e. The van der Waals surface area contributed by atoms with E-state index in [9.17, 15) is 0 Å². The number of fused-ring (bicyclic) bond motifs is 9. The number of aromatic nitrogens is 3. The molecule has 9 aromatic carbocycles. The highest BCUT2D eigenvalue weighted by Gasteiger charge is 2.18. The van der Waals surface area contributed by atoms with Gasteiger partial charge in [0, 0.05) is 33.2 Å². The van der Waals surface area contributed by atoms with Crippen LogP contribution in [0.25, 0.3) is 105 Å². The van der Waals surface area contributed by atoms with Gasteiger partial charge in [0.2, 0.25) is 0 Å². The monoisotopic (exact) mass is 729 g/mol. The predicted octanol–water partition coefficient (Wildman–Crippen LogP) is 14.7. The summed E-state index contributed by atoms with van der Waals surface area (Å²) < 4.78 is 2.38. The summed E-state index contributed by atoms with van der Waals surface area (Å²) in [5.74, 6) is 0.712. The quantitative estimate of drug-likeness (QED) is 0.165. The zero-order valence-electron chi connectivity index (χ0n) is 31.9. The molecule has 0 aliphatic carbocycles. The Morgan fingerprint density at radius 2 is 0.860 bits per heavy atom. The zero-order chi connectivity index (χ0) is 38.3. The molecule has 2 aromatic heterocycles. The van der Waals surface area contributed by atoms with Crippen molar-refractivity contribution >= 4 is 54.1 Å². The van der Waals surface area contributed by atoms with Gasteiger partial charge in [-0.1, -0.05) is 172 Å². The minimum Gasteiger partial charge on any atom is -0.309 e. The fourth-order valence-electron chi connectivity index (χ4n) is 8.47. The lowest BCUT2D eigenvalue weighted by Gasteiger charge is -2.16. The minimum absolute atomic E-state index is 0.712. The number of nitrogens with zero attached hydrogens (tertiary/aromatic N) is 3. The van der Waals surface area contributed by atoms with Gasteiger partial charge >= 0.3 is 0 Å². The van der Waals surface area contributed by atoms with Crippen LogP contribution >= 0.6 is 0 Å². The summed E-state index contributed by atoms with van der Waals surface area (Å²) in [6.45, 7) is 4.00. The third-order valence-electron chi connectivity index (χ3n) is 11.0. The van der Waals surface area contributed by atoms with E-state index in [4.69, 9.17) is 9.97 Å². The van der Waals surface area contributed by atoms with Gasteiger partial charge in [-0.15, -0.1) is 0 Å². The molecule has 3 nitrogen and oxygen atoms in total. The molecule has 0 saturated carbocycles. The highest BCUT2D eigenvalue weighted by Crippen LogP contribution is 2.43. The number of benzene rings is 9. The molecule has 270 valence electrons. The number of para-hydroxylation sites is 2. The van der Waals surface area contributed by atoms with E-state index in [2.05, 4.69) is 180 Å². The second-order valence-electron chi connectivity index (χ2n) is 14.1. The van der Waals surface area contributed by atoms with Gasteiger partial charge in [0.05, 0.1) is 22.4 Å². The van der Waals surface area contributed by atoms with Crippen molar-refractivity contribution in [2.24, 2.45) is 0 Å². The molecule has 57 heavy (non-hydrogen) atoms. The van der Waals surface area contributed by atoms with Crippen molar-refractivity contribution in [2.45, 2.75) is 13.8 Å². The van der Waals surface area contributed by atoms with E-state index >= 15 is 0 Å². The Bertz CT molecular complexity index is 3180. The van der Waals surface area contributed by atoms with Gasteiger partial charge in [0.15, 0.2) is 5.82 Å². The first kappa shape index (κ1) is 34.2. The van der Waals surface area contributed by atoms with Crippen molar-refractivity contribution < 1.29 is 0 Å². The van der Waals surface area contributed by atoms with E-state index in [1.807, 2.05) is 38.1 Å². The van der Waals surface area contributed by atoms with Crippen LogP contribution < -0.4 is 0 Å². The number of rotatable bonds is 5. The molecule has 0 N–H and O–H groups in total. The van der Waals surface area contributed by atoms with Crippen LogP contribution in [-0.2, 0) is 0 Å². The van der Waals surface area contributed by atoms with Crippen LogP contribution in [0.4, 0.5) is 0 Å². The van der Waals surface area contributed by atoms with E-state index < -0.39 is 0 Å². The van der Waals surface area contributed by atoms with Crippen LogP contribution in [-0.4, -0.2) is 14.5 Å². The molecule has 0 saturated heterocycles. The maximum Gasteiger partial charge on any atom is 0.160 e. The Hall–Kier alpha value is -7.36. The molecule has 2 heterocycles. The number of hydrogen-bond donors (Lipinski definition) is 0. The highest BCUT2D eigenvalue weighted by molar-refractivity contribution is 6.29. The van der Waals surface area contributed by atoms with E-state index in [0.717, 1.165) is 33.8 Å². The minimum atomic E-state index is 0.712. The van der Waals surface area contributed by atoms with Gasteiger partial charge in [-0.3, -0.25) is 0 Å². The summed E-state index contributed by atoms with van der Waals surface area (Å²) in [5.41, 5.74) is 10.9. The Labute approximate surface area is 332 Å². The van der Waals surface area contributed by atoms with Crippen LogP contribution in [0, 0.1) is 0 Å². The lowest BCUT2D eigenvalue weighted by atomic mass is 9.88. The number of hydrogen-bond acceptors (Lipinski definition) is 2. The van der Waals surface area contributed by atoms with E-state index in [1.54, 1.807) is 0 Å². The van der Waals surface area contributed by atoms with Gasteiger partial charge in [0.25, 0.3) is 0 Å². The van der Waals surface area contributed by atoms with Crippen molar-refractivity contribution in [1.82, 2.24) is 14.5 Å². The molecule has 0 aliphatic rings. The average Bonchev–Trinajstić information content (AvgIpc) is 3.64. The van der Waals surface area contributed by atoms with E-state index in [-0.39, 0.29) is 0 Å². The van der Waals surface area contributed by atoms with Crippen LogP contribution in [0.2, 0.25) is 0 Å². The molecule has 11 aromatic rings. The normalized spacial score (nSPS) is 11.3. The summed E-state index contributed by atoms with van der Waals surface area (Å²) in [5, 5.41) is 9.88. The second-order valence-corrected chi connectivity index (χ2v) is 14.1. The van der Waals surface area contributed by atoms with Crippen LogP contribution in [0.15, 0.2) is 200 Å². The molecular weight excluding hydrogens is 691 g/mol. The van der Waals surface area contributed by atoms with Crippen molar-refractivity contribution in [1.29, 1.82) is 0 Å². The van der Waals surface area contributed by atoms with Gasteiger partial charge in [-0.05, 0) is 85.9 Å². The summed E-state index contributed by atoms with van der Waals surface area (Å²) >= 11 is 0. The third-order valence-corrected chi connectivity index (χ3v) is 11.0. The first-order valence-electron chi connectivity index (χ1n) is 19.7. The molecule has 0 bridgehead atoms. The summed E-state index contributed by atoms with van der Waals surface area (Å²) in [4.78, 5) is 10.3. The molecule has 0 fully saturated rings. The predicted molar refractivity (Wildman–Crippen MR) is 242 cm³/mol. The van der Waals surface area contributed by atoms with Crippen LogP contribution in [0.1, 0.15) is 13.8 Å². The summed E-state index contributed by atoms with van der Waals surface area (Å²) in [6, 6.07) is 71.6. The Morgan fingerprint density at radius 1 is 0.333 bits per heavy atom. The summed E-state index contributed by atoms with van der Waals surface area (Å²) in [7, 11) is 0. The highest BCUT2D eigenvalue weighted by atomic mass is 15.0. The van der Waals surface area contributed by atoms with Gasteiger partial charge in [0.1, 0.15) is 0 Å². The Kier molecular flexibility index (Phi) is 8.61. The molecule has 0 unspecified atom stereocenters. The van der Waals surface area contributed by atoms with Gasteiger partial charge < -0.3 is 4.57 Å². The average molecular weight is 730 g/mol. The fourth-order valence-corrected chi connectivity index (χ4v) is 8.47. The lowest BCUT2D eigenvalue weighted by Crippen LogP contribution is -1.96. The third kappa shape index (κ3) is 5.84. The molecule has 0 atom stereocenters. The van der Waals surface area contributed by atoms with Gasteiger partial charge in [-0.25, -0.2) is 9.97 Å². The summed E-state index contributed by atoms with van der Waals surface area (Å²) in [6.07, 6.45) is 0. The van der Waals surface area contributed by atoms with Crippen LogP contribution in [0.3, 0.4) is 0 Å². The Balaban J connectivity index is 0.00000195. The fraction of sp³-hybridized carbons (Fsp3) is 0.0370. The SMILES string of the molecule is CC.c1ccc(-c2cc(-c3ccc4c5ccccc5c5cccc(-c6ccc7c(c6)c6ccccc6n7-c6ccccc6)c5c4c3)nc(-c3ccccc3)n2)cc1. The topological polar surface area (TPSA) is 30.7 Å². The molecule has 3 heteroatoms. The first-order chi connectivity index (χ1) is 28.3. The van der Waals surface area contributed by atoms with E-state index in [1.165, 1.54) is 65.3 Å². The van der Waals surface area contributed by atoms with E-state index in [0.29, 0.717) is 5.82 Å². The standard InChI is InChI=1S/C52H33N3.C2H6/c1-4-15-34(16-5-1)47-33-48(54-52(53-47)35-17-6-2-7-18-35)37-27-29-42-40-21-10-11-22-41(40)44-25-14-24-39(51(44)46(42)32-37)36-28-30-50-45(31-36)43-23-12-13-26-49(43)55(50)38-19-8-3-9-20-38;1-2/h1-33H;1-2H3. The van der Waals surface area contributed by atoms with Crippen molar-refractivity contribution in [3.63, 3.8) is 0 Å². The Morgan fingerprint density at radius 3 is 1.60 bits per heavy atom. The van der Waals surface area contributed by atoms with Gasteiger partial charge in [-0.2, -0.15) is 0 Å². The maximum atomic E-state index is 5.21. The van der Waals surface area contributed by atoms with Crippen LogP contribution in [0.5, 0.6) is 0 Å². The van der Waals surface area contributed by atoms with Crippen molar-refractivity contribution in [2.75, 3.05) is 0 Å². The van der Waals surface area contributed by atoms with Crippen molar-refractivity contribution in [3.05, 3.63) is 200 Å². The lowest BCUT2D eigenvalue weighted by molar-refractivity contribution is 1.18. The molecule has 0 spiro atoms. The van der Waals surface area contributed by atoms with Crippen molar-refractivity contribution in [3.8, 4) is 50.7 Å².